The van der Waals surface area contributed by atoms with Crippen LogP contribution in [0.4, 0.5) is 19.0 Å². The Labute approximate surface area is 174 Å². The summed E-state index contributed by atoms with van der Waals surface area (Å²) in [5.74, 6) is -0.119. The number of fused-ring (bicyclic) bond motifs is 2. The van der Waals surface area contributed by atoms with Gasteiger partial charge in [-0.15, -0.1) is 21.5 Å². The van der Waals surface area contributed by atoms with Crippen molar-refractivity contribution in [2.45, 2.75) is 45.5 Å². The maximum Gasteiger partial charge on any atom is 0.451 e. The lowest BCUT2D eigenvalue weighted by Crippen LogP contribution is -2.36. The number of nitrogens with zero attached hydrogens (tertiary/aromatic N) is 6. The Balaban J connectivity index is 1.69. The van der Waals surface area contributed by atoms with Gasteiger partial charge in [0.15, 0.2) is 5.82 Å². The first-order valence-corrected chi connectivity index (χ1v) is 10.5. The number of aromatic nitrogens is 5. The molecule has 4 heterocycles. The molecule has 0 atom stereocenters. The summed E-state index contributed by atoms with van der Waals surface area (Å²) in [5, 5.41) is 16.9. The Hall–Kier alpha value is -2.47. The van der Waals surface area contributed by atoms with Crippen molar-refractivity contribution < 1.29 is 23.0 Å². The Morgan fingerprint density at radius 2 is 2.07 bits per heavy atom. The Bertz CT molecular complexity index is 1040. The van der Waals surface area contributed by atoms with Crippen LogP contribution in [0.2, 0.25) is 0 Å². The van der Waals surface area contributed by atoms with Crippen molar-refractivity contribution in [3.8, 4) is 6.01 Å². The number of alkyl halides is 3. The van der Waals surface area contributed by atoms with Crippen molar-refractivity contribution >= 4 is 27.4 Å². The first-order chi connectivity index (χ1) is 14.4. The summed E-state index contributed by atoms with van der Waals surface area (Å²) in [5.41, 5.74) is 0. The predicted octanol–water partition coefficient (Wildman–Crippen LogP) is 3.04. The molecule has 4 rings (SSSR count). The molecule has 0 unspecified atom stereocenters. The van der Waals surface area contributed by atoms with Crippen molar-refractivity contribution in [1.82, 2.24) is 24.7 Å². The van der Waals surface area contributed by atoms with Gasteiger partial charge in [0, 0.05) is 31.0 Å². The van der Waals surface area contributed by atoms with Crippen molar-refractivity contribution in [3.63, 3.8) is 0 Å². The molecule has 30 heavy (non-hydrogen) atoms. The zero-order valence-electron chi connectivity index (χ0n) is 16.3. The highest BCUT2D eigenvalue weighted by Crippen LogP contribution is 2.35. The van der Waals surface area contributed by atoms with Crippen LogP contribution in [0.3, 0.4) is 0 Å². The lowest BCUT2D eigenvalue weighted by Gasteiger charge is -2.29. The first-order valence-electron chi connectivity index (χ1n) is 9.69. The summed E-state index contributed by atoms with van der Waals surface area (Å²) in [6, 6.07) is 2.23. The maximum absolute atomic E-state index is 13.1. The number of anilines is 1. The van der Waals surface area contributed by atoms with Crippen molar-refractivity contribution in [2.75, 3.05) is 24.7 Å². The zero-order valence-corrected chi connectivity index (χ0v) is 17.1. The highest BCUT2D eigenvalue weighted by Gasteiger charge is 2.39. The van der Waals surface area contributed by atoms with Crippen molar-refractivity contribution in [1.29, 1.82) is 0 Å². The summed E-state index contributed by atoms with van der Waals surface area (Å²) in [7, 11) is 0. The van der Waals surface area contributed by atoms with Crippen LogP contribution in [0.15, 0.2) is 6.07 Å². The molecule has 0 saturated heterocycles. The summed E-state index contributed by atoms with van der Waals surface area (Å²) in [6.45, 7) is 2.96. The van der Waals surface area contributed by atoms with Crippen LogP contribution < -0.4 is 9.64 Å². The molecule has 0 aromatic carbocycles. The smallest absolute Gasteiger partial charge is 0.451 e. The van der Waals surface area contributed by atoms with E-state index in [1.807, 2.05) is 11.0 Å². The molecule has 1 N–H and O–H groups in total. The Morgan fingerprint density at radius 3 is 2.80 bits per heavy atom. The van der Waals surface area contributed by atoms with Crippen molar-refractivity contribution in [2.24, 2.45) is 0 Å². The molecular formula is C18H21F3N6O2S. The van der Waals surface area contributed by atoms with E-state index in [-0.39, 0.29) is 38.1 Å². The second-order valence-corrected chi connectivity index (χ2v) is 8.06. The van der Waals surface area contributed by atoms with E-state index in [0.717, 1.165) is 32.5 Å². The summed E-state index contributed by atoms with van der Waals surface area (Å²) in [4.78, 5) is 12.8. The molecule has 0 bridgehead atoms. The van der Waals surface area contributed by atoms with E-state index in [1.165, 1.54) is 0 Å². The minimum absolute atomic E-state index is 0.00191. The molecule has 8 nitrogen and oxygen atoms in total. The zero-order chi connectivity index (χ0) is 21.3. The third-order valence-electron chi connectivity index (χ3n) is 4.74. The second kappa shape index (κ2) is 8.34. The number of hydrogen-bond acceptors (Lipinski definition) is 8. The third-order valence-corrected chi connectivity index (χ3v) is 5.83. The van der Waals surface area contributed by atoms with Crippen LogP contribution in [0.25, 0.3) is 10.2 Å². The number of halogens is 3. The molecule has 0 aliphatic carbocycles. The molecule has 1 aliphatic heterocycles. The quantitative estimate of drug-likeness (QED) is 0.563. The number of aliphatic hydroxyl groups is 1. The van der Waals surface area contributed by atoms with E-state index in [2.05, 4.69) is 27.1 Å². The molecule has 0 saturated carbocycles. The van der Waals surface area contributed by atoms with Crippen LogP contribution in [0, 0.1) is 0 Å². The van der Waals surface area contributed by atoms with Crippen LogP contribution in [0.1, 0.15) is 36.3 Å². The van der Waals surface area contributed by atoms with Crippen molar-refractivity contribution in [3.05, 3.63) is 22.6 Å². The minimum atomic E-state index is -4.54. The lowest BCUT2D eigenvalue weighted by molar-refractivity contribution is -0.147. The van der Waals surface area contributed by atoms with E-state index in [1.54, 1.807) is 11.3 Å². The molecular weight excluding hydrogens is 421 g/mol. The molecule has 3 aromatic heterocycles. The fraction of sp³-hybridized carbons (Fsp3) is 0.556. The van der Waals surface area contributed by atoms with Gasteiger partial charge in [0.2, 0.25) is 5.82 Å². The monoisotopic (exact) mass is 442 g/mol. The van der Waals surface area contributed by atoms with Crippen LogP contribution in [-0.4, -0.2) is 49.6 Å². The van der Waals surface area contributed by atoms with E-state index in [9.17, 15) is 13.2 Å². The van der Waals surface area contributed by atoms with Gasteiger partial charge in [-0.3, -0.25) is 0 Å². The van der Waals surface area contributed by atoms with Gasteiger partial charge in [-0.1, -0.05) is 13.3 Å². The van der Waals surface area contributed by atoms with E-state index in [0.29, 0.717) is 18.8 Å². The Morgan fingerprint density at radius 1 is 1.23 bits per heavy atom. The van der Waals surface area contributed by atoms with Gasteiger partial charge in [0.1, 0.15) is 10.6 Å². The van der Waals surface area contributed by atoms with Gasteiger partial charge in [0.05, 0.1) is 18.5 Å². The van der Waals surface area contributed by atoms with Crippen LogP contribution in [0.5, 0.6) is 6.01 Å². The number of rotatable bonds is 7. The molecule has 1 aliphatic rings. The summed E-state index contributed by atoms with van der Waals surface area (Å²) < 4.78 is 46.1. The fourth-order valence-electron chi connectivity index (χ4n) is 3.39. The van der Waals surface area contributed by atoms with Crippen LogP contribution in [-0.2, 0) is 25.7 Å². The van der Waals surface area contributed by atoms with Gasteiger partial charge < -0.3 is 19.3 Å². The van der Waals surface area contributed by atoms with Gasteiger partial charge >= 0.3 is 12.2 Å². The van der Waals surface area contributed by atoms with Gasteiger partial charge in [-0.25, -0.2) is 0 Å². The number of hydrogen-bond donors (Lipinski definition) is 1. The molecule has 0 amide bonds. The fourth-order valence-corrected chi connectivity index (χ4v) is 4.50. The number of thiophene rings is 1. The highest BCUT2D eigenvalue weighted by molar-refractivity contribution is 7.18. The normalized spacial score (nSPS) is 14.4. The van der Waals surface area contributed by atoms with Gasteiger partial charge in [-0.2, -0.15) is 23.1 Å². The minimum Gasteiger partial charge on any atom is -0.463 e. The molecule has 0 spiro atoms. The molecule has 162 valence electrons. The highest BCUT2D eigenvalue weighted by atomic mass is 32.1. The first kappa shape index (κ1) is 20.8. The SMILES string of the molecule is CCCc1cc2c(N3CCn4c(nnc4C(F)(F)F)C3)nc(OCCCO)nc2s1. The largest absolute Gasteiger partial charge is 0.463 e. The average Bonchev–Trinajstić information content (AvgIpc) is 3.30. The molecule has 3 aromatic rings. The topological polar surface area (TPSA) is 89.2 Å². The summed E-state index contributed by atoms with van der Waals surface area (Å²) in [6.07, 6.45) is -2.19. The summed E-state index contributed by atoms with van der Waals surface area (Å²) >= 11 is 1.56. The number of ether oxygens (including phenoxy) is 1. The number of aliphatic hydroxyl groups excluding tert-OH is 1. The van der Waals surface area contributed by atoms with E-state index in [4.69, 9.17) is 9.84 Å². The Kier molecular flexibility index (Phi) is 5.78. The van der Waals surface area contributed by atoms with E-state index < -0.39 is 12.0 Å². The average molecular weight is 442 g/mol. The standard InChI is InChI=1S/C18H21F3N6O2S/c1-2-4-11-9-12-14(22-17(23-15(12)30-11)29-8-3-7-28)26-5-6-27-13(10-26)24-25-16(27)18(19,20)21/h9,28H,2-8,10H2,1H3. The van der Waals surface area contributed by atoms with Gasteiger partial charge in [0.25, 0.3) is 0 Å². The molecule has 12 heteroatoms. The van der Waals surface area contributed by atoms with Crippen LogP contribution >= 0.6 is 11.3 Å². The third kappa shape index (κ3) is 4.06. The second-order valence-electron chi connectivity index (χ2n) is 6.95. The number of aryl methyl sites for hydroxylation is 1. The van der Waals surface area contributed by atoms with Gasteiger partial charge in [-0.05, 0) is 12.5 Å². The predicted molar refractivity (Wildman–Crippen MR) is 105 cm³/mol. The molecule has 0 fully saturated rings. The lowest BCUT2D eigenvalue weighted by atomic mass is 10.2. The molecule has 0 radical (unpaired) electrons. The van der Waals surface area contributed by atoms with E-state index >= 15 is 0 Å². The maximum atomic E-state index is 13.1.